The summed E-state index contributed by atoms with van der Waals surface area (Å²) in [7, 11) is 0. The van der Waals surface area contributed by atoms with Crippen molar-refractivity contribution in [2.45, 2.75) is 32.8 Å². The second-order valence-electron chi connectivity index (χ2n) is 8.75. The number of hydrogen-bond donors (Lipinski definition) is 0. The third-order valence-corrected chi connectivity index (χ3v) is 6.36. The molecule has 0 bridgehead atoms. The molecule has 3 heterocycles. The molecule has 0 aliphatic carbocycles. The highest BCUT2D eigenvalue weighted by atomic mass is 16.5. The molecule has 2 aliphatic heterocycles. The lowest BCUT2D eigenvalue weighted by Gasteiger charge is -2.36. The number of pyridine rings is 1. The molecule has 2 aliphatic rings. The van der Waals surface area contributed by atoms with Gasteiger partial charge in [0.25, 0.3) is 5.91 Å². The molecule has 2 fully saturated rings. The van der Waals surface area contributed by atoms with Gasteiger partial charge < -0.3 is 19.3 Å². The number of amides is 2. The van der Waals surface area contributed by atoms with E-state index >= 15 is 0 Å². The monoisotopic (exact) mass is 466 g/mol. The average Bonchev–Trinajstić information content (AvgIpc) is 2.89. The Hall–Kier alpha value is -3.13. The summed E-state index contributed by atoms with van der Waals surface area (Å²) in [6, 6.07) is 9.15. The summed E-state index contributed by atoms with van der Waals surface area (Å²) < 4.78 is 11.7. The van der Waals surface area contributed by atoms with Crippen LogP contribution in [0.15, 0.2) is 42.7 Å². The molecule has 182 valence electrons. The number of carbonyl (C=O) groups excluding carboxylic acids is 2. The first-order chi connectivity index (χ1) is 16.6. The van der Waals surface area contributed by atoms with Gasteiger partial charge in [-0.3, -0.25) is 19.5 Å². The van der Waals surface area contributed by atoms with E-state index in [1.165, 1.54) is 6.42 Å². The molecule has 1 aromatic heterocycles. The summed E-state index contributed by atoms with van der Waals surface area (Å²) in [5.74, 6) is 1.36. The minimum atomic E-state index is -0.0244. The Morgan fingerprint density at radius 2 is 1.59 bits per heavy atom. The first kappa shape index (κ1) is 24.0. The Bertz CT molecular complexity index is 955. The van der Waals surface area contributed by atoms with E-state index in [0.717, 1.165) is 31.5 Å². The molecule has 0 radical (unpaired) electrons. The Balaban J connectivity index is 1.32. The second kappa shape index (κ2) is 11.8. The van der Waals surface area contributed by atoms with Crippen molar-refractivity contribution < 1.29 is 19.1 Å². The fraction of sp³-hybridized carbons (Fsp3) is 0.500. The van der Waals surface area contributed by atoms with Crippen molar-refractivity contribution in [3.63, 3.8) is 0 Å². The van der Waals surface area contributed by atoms with Crippen molar-refractivity contribution >= 4 is 11.8 Å². The van der Waals surface area contributed by atoms with Crippen molar-refractivity contribution in [3.05, 3.63) is 53.9 Å². The van der Waals surface area contributed by atoms with Crippen LogP contribution >= 0.6 is 0 Å². The lowest BCUT2D eigenvalue weighted by Crippen LogP contribution is -2.52. The molecule has 2 saturated heterocycles. The van der Waals surface area contributed by atoms with E-state index in [0.29, 0.717) is 63.0 Å². The normalized spacial score (nSPS) is 16.9. The number of piperidine rings is 1. The number of hydrogen-bond acceptors (Lipinski definition) is 6. The number of nitrogens with zero attached hydrogens (tertiary/aromatic N) is 4. The van der Waals surface area contributed by atoms with Crippen LogP contribution in [-0.2, 0) is 11.4 Å². The standard InChI is InChI=1S/C26H34N4O4/c1-2-33-24-18-22(6-7-23(24)34-20-21-8-10-27-11-9-21)26(32)30-16-14-28(15-17-30)19-25(31)29-12-4-3-5-13-29/h6-11,18H,2-5,12-17,19-20H2,1H3. The van der Waals surface area contributed by atoms with E-state index in [-0.39, 0.29) is 11.8 Å². The maximum Gasteiger partial charge on any atom is 0.254 e. The van der Waals surface area contributed by atoms with Crippen molar-refractivity contribution in [2.24, 2.45) is 0 Å². The quantitative estimate of drug-likeness (QED) is 0.596. The molecule has 4 rings (SSSR count). The van der Waals surface area contributed by atoms with Gasteiger partial charge >= 0.3 is 0 Å². The molecule has 8 nitrogen and oxygen atoms in total. The van der Waals surface area contributed by atoms with Crippen LogP contribution in [0.4, 0.5) is 0 Å². The minimum Gasteiger partial charge on any atom is -0.490 e. The molecule has 2 aromatic rings. The third-order valence-electron chi connectivity index (χ3n) is 6.36. The van der Waals surface area contributed by atoms with E-state index in [4.69, 9.17) is 9.47 Å². The molecule has 0 atom stereocenters. The van der Waals surface area contributed by atoms with Crippen molar-refractivity contribution in [1.29, 1.82) is 0 Å². The fourth-order valence-electron chi connectivity index (χ4n) is 4.39. The van der Waals surface area contributed by atoms with Gasteiger partial charge in [0.1, 0.15) is 6.61 Å². The smallest absolute Gasteiger partial charge is 0.254 e. The second-order valence-corrected chi connectivity index (χ2v) is 8.75. The lowest BCUT2D eigenvalue weighted by atomic mass is 10.1. The first-order valence-electron chi connectivity index (χ1n) is 12.2. The first-order valence-corrected chi connectivity index (χ1v) is 12.2. The number of carbonyl (C=O) groups is 2. The van der Waals surface area contributed by atoms with E-state index in [1.54, 1.807) is 30.6 Å². The van der Waals surface area contributed by atoms with Gasteiger partial charge in [-0.1, -0.05) is 0 Å². The van der Waals surface area contributed by atoms with Crippen LogP contribution in [0, 0.1) is 0 Å². The van der Waals surface area contributed by atoms with Crippen LogP contribution in [0.3, 0.4) is 0 Å². The Labute approximate surface area is 201 Å². The summed E-state index contributed by atoms with van der Waals surface area (Å²) >= 11 is 0. The lowest BCUT2D eigenvalue weighted by molar-refractivity contribution is -0.133. The van der Waals surface area contributed by atoms with Crippen LogP contribution in [-0.4, -0.2) is 83.9 Å². The van der Waals surface area contributed by atoms with Gasteiger partial charge in [0.05, 0.1) is 13.2 Å². The van der Waals surface area contributed by atoms with Crippen LogP contribution < -0.4 is 9.47 Å². The number of piperazine rings is 1. The topological polar surface area (TPSA) is 75.2 Å². The van der Waals surface area contributed by atoms with Gasteiger partial charge in [-0.15, -0.1) is 0 Å². The molecule has 0 unspecified atom stereocenters. The molecule has 0 N–H and O–H groups in total. The molecule has 0 saturated carbocycles. The van der Waals surface area contributed by atoms with Gasteiger partial charge in [-0.05, 0) is 62.1 Å². The summed E-state index contributed by atoms with van der Waals surface area (Å²) in [5.41, 5.74) is 1.59. The van der Waals surface area contributed by atoms with Crippen molar-refractivity contribution in [3.8, 4) is 11.5 Å². The van der Waals surface area contributed by atoms with Crippen LogP contribution in [0.2, 0.25) is 0 Å². The summed E-state index contributed by atoms with van der Waals surface area (Å²) in [5, 5.41) is 0. The highest BCUT2D eigenvalue weighted by Crippen LogP contribution is 2.30. The molecular formula is C26H34N4O4. The molecule has 8 heteroatoms. The summed E-state index contributed by atoms with van der Waals surface area (Å²) in [4.78, 5) is 35.7. The predicted molar refractivity (Wildman–Crippen MR) is 129 cm³/mol. The van der Waals surface area contributed by atoms with Crippen LogP contribution in [0.1, 0.15) is 42.1 Å². The van der Waals surface area contributed by atoms with E-state index in [1.807, 2.05) is 28.9 Å². The van der Waals surface area contributed by atoms with Gasteiger partial charge in [0, 0.05) is 57.2 Å². The van der Waals surface area contributed by atoms with E-state index < -0.39 is 0 Å². The zero-order valence-electron chi connectivity index (χ0n) is 19.9. The predicted octanol–water partition coefficient (Wildman–Crippen LogP) is 2.83. The Morgan fingerprint density at radius 3 is 2.29 bits per heavy atom. The number of benzene rings is 1. The SMILES string of the molecule is CCOc1cc(C(=O)N2CCN(CC(=O)N3CCCCC3)CC2)ccc1OCc1ccncc1. The number of rotatable bonds is 8. The summed E-state index contributed by atoms with van der Waals surface area (Å²) in [6.07, 6.45) is 6.88. The minimum absolute atomic E-state index is 0.0244. The van der Waals surface area contributed by atoms with Gasteiger partial charge in [0.2, 0.25) is 5.91 Å². The molecule has 0 spiro atoms. The van der Waals surface area contributed by atoms with Crippen molar-refractivity contribution in [2.75, 3.05) is 52.4 Å². The van der Waals surface area contributed by atoms with Gasteiger partial charge in [-0.2, -0.15) is 0 Å². The molecule has 2 amide bonds. The zero-order chi connectivity index (χ0) is 23.8. The largest absolute Gasteiger partial charge is 0.490 e. The molecular weight excluding hydrogens is 432 g/mol. The van der Waals surface area contributed by atoms with Crippen LogP contribution in [0.5, 0.6) is 11.5 Å². The van der Waals surface area contributed by atoms with Crippen molar-refractivity contribution in [1.82, 2.24) is 19.7 Å². The average molecular weight is 467 g/mol. The van der Waals surface area contributed by atoms with Crippen LogP contribution in [0.25, 0.3) is 0 Å². The number of aromatic nitrogens is 1. The summed E-state index contributed by atoms with van der Waals surface area (Å²) in [6.45, 7) is 7.61. The fourth-order valence-corrected chi connectivity index (χ4v) is 4.39. The number of likely N-dealkylation sites (tertiary alicyclic amines) is 1. The molecule has 34 heavy (non-hydrogen) atoms. The van der Waals surface area contributed by atoms with E-state index in [9.17, 15) is 9.59 Å². The van der Waals surface area contributed by atoms with E-state index in [2.05, 4.69) is 9.88 Å². The zero-order valence-corrected chi connectivity index (χ0v) is 19.9. The van der Waals surface area contributed by atoms with Gasteiger partial charge in [-0.25, -0.2) is 0 Å². The Morgan fingerprint density at radius 1 is 0.853 bits per heavy atom. The number of ether oxygens (including phenoxy) is 2. The van der Waals surface area contributed by atoms with Gasteiger partial charge in [0.15, 0.2) is 11.5 Å². The molecule has 1 aromatic carbocycles. The highest BCUT2D eigenvalue weighted by molar-refractivity contribution is 5.95. The maximum atomic E-state index is 13.2. The maximum absolute atomic E-state index is 13.2. The highest BCUT2D eigenvalue weighted by Gasteiger charge is 2.26. The Kier molecular flexibility index (Phi) is 8.36. The third kappa shape index (κ3) is 6.26.